The van der Waals surface area contributed by atoms with Gasteiger partial charge in [-0.15, -0.1) is 0 Å². The van der Waals surface area contributed by atoms with Gasteiger partial charge in [0.25, 0.3) is 0 Å². The van der Waals surface area contributed by atoms with Crippen LogP contribution in [0.15, 0.2) is 12.3 Å². The van der Waals surface area contributed by atoms with E-state index in [1.54, 1.807) is 0 Å². The highest BCUT2D eigenvalue weighted by molar-refractivity contribution is 5.46. The lowest BCUT2D eigenvalue weighted by Crippen LogP contribution is -2.37. The molecule has 0 radical (unpaired) electrons. The lowest BCUT2D eigenvalue weighted by atomic mass is 9.82. The molecule has 0 amide bonds. The molecule has 0 unspecified atom stereocenters. The molecule has 1 aromatic heterocycles. The van der Waals surface area contributed by atoms with Crippen LogP contribution in [0.3, 0.4) is 0 Å². The van der Waals surface area contributed by atoms with Crippen LogP contribution in [0.2, 0.25) is 0 Å². The first-order valence-electron chi connectivity index (χ1n) is 8.01. The number of rotatable bonds is 7. The Bertz CT molecular complexity index is 455. The van der Waals surface area contributed by atoms with E-state index in [4.69, 9.17) is 0 Å². The normalized spacial score (nSPS) is 21.4. The average Bonchev–Trinajstić information content (AvgIpc) is 2.36. The predicted molar refractivity (Wildman–Crippen MR) is 87.5 cm³/mol. The fourth-order valence-corrected chi connectivity index (χ4v) is 2.95. The summed E-state index contributed by atoms with van der Waals surface area (Å²) in [6.07, 6.45) is 3.76. The summed E-state index contributed by atoms with van der Waals surface area (Å²) in [7, 11) is 2.09. The number of pyridine rings is 1. The largest absolute Gasteiger partial charge is 0.393 e. The van der Waals surface area contributed by atoms with E-state index in [1.165, 1.54) is 11.1 Å². The summed E-state index contributed by atoms with van der Waals surface area (Å²) < 4.78 is 0. The summed E-state index contributed by atoms with van der Waals surface area (Å²) in [6, 6.07) is 2.22. The molecule has 2 N–H and O–H groups in total. The number of aromatic nitrogens is 1. The minimum atomic E-state index is -0.0770. The number of hydrogen-bond donors (Lipinski definition) is 2. The molecular formula is C17H29N3O. The van der Waals surface area contributed by atoms with E-state index in [9.17, 15) is 5.11 Å². The Morgan fingerprint density at radius 2 is 2.14 bits per heavy atom. The topological polar surface area (TPSA) is 48.4 Å². The monoisotopic (exact) mass is 291 g/mol. The molecule has 1 saturated carbocycles. The Kier molecular flexibility index (Phi) is 5.59. The zero-order valence-corrected chi connectivity index (χ0v) is 13.8. The molecule has 118 valence electrons. The maximum atomic E-state index is 9.37. The standard InChI is InChI=1S/C17H29N3O/c1-12(2)8-18-9-15-5-13(3)17(19-10-15)20(4)11-14-6-16(21)7-14/h5,10,12,14,16,18,21H,6-9,11H2,1-4H3. The third-order valence-electron chi connectivity index (χ3n) is 4.09. The lowest BCUT2D eigenvalue weighted by molar-refractivity contribution is 0.0464. The molecular weight excluding hydrogens is 262 g/mol. The number of hydrogen-bond acceptors (Lipinski definition) is 4. The predicted octanol–water partition coefficient (Wildman–Crippen LogP) is 2.34. The van der Waals surface area contributed by atoms with Crippen LogP contribution in [0.5, 0.6) is 0 Å². The Morgan fingerprint density at radius 3 is 2.71 bits per heavy atom. The number of aliphatic hydroxyl groups excluding tert-OH is 1. The molecule has 2 rings (SSSR count). The van der Waals surface area contributed by atoms with Crippen molar-refractivity contribution < 1.29 is 5.11 Å². The first-order chi connectivity index (χ1) is 9.95. The van der Waals surface area contributed by atoms with Crippen molar-refractivity contribution in [2.24, 2.45) is 11.8 Å². The maximum absolute atomic E-state index is 9.37. The van der Waals surface area contributed by atoms with Gasteiger partial charge in [-0.25, -0.2) is 4.98 Å². The molecule has 0 atom stereocenters. The highest BCUT2D eigenvalue weighted by Gasteiger charge is 2.28. The van der Waals surface area contributed by atoms with Crippen molar-refractivity contribution in [3.8, 4) is 0 Å². The van der Waals surface area contributed by atoms with Gasteiger partial charge in [0, 0.05) is 26.3 Å². The molecule has 1 aliphatic carbocycles. The summed E-state index contributed by atoms with van der Waals surface area (Å²) in [5.41, 5.74) is 2.46. The summed E-state index contributed by atoms with van der Waals surface area (Å²) in [5.74, 6) is 2.34. The van der Waals surface area contributed by atoms with Crippen LogP contribution >= 0.6 is 0 Å². The van der Waals surface area contributed by atoms with E-state index in [2.05, 4.69) is 49.1 Å². The maximum Gasteiger partial charge on any atom is 0.131 e. The van der Waals surface area contributed by atoms with Gasteiger partial charge >= 0.3 is 0 Å². The third-order valence-corrected chi connectivity index (χ3v) is 4.09. The molecule has 0 spiro atoms. The number of aliphatic hydroxyl groups is 1. The van der Waals surface area contributed by atoms with E-state index in [0.29, 0.717) is 11.8 Å². The Morgan fingerprint density at radius 1 is 1.43 bits per heavy atom. The van der Waals surface area contributed by atoms with Crippen molar-refractivity contribution >= 4 is 5.82 Å². The number of nitrogens with zero attached hydrogens (tertiary/aromatic N) is 2. The van der Waals surface area contributed by atoms with Crippen molar-refractivity contribution in [3.05, 3.63) is 23.4 Å². The van der Waals surface area contributed by atoms with Crippen LogP contribution in [0.1, 0.15) is 37.8 Å². The molecule has 4 heteroatoms. The smallest absolute Gasteiger partial charge is 0.131 e. The first-order valence-corrected chi connectivity index (χ1v) is 8.01. The minimum absolute atomic E-state index is 0.0770. The molecule has 0 aromatic carbocycles. The van der Waals surface area contributed by atoms with E-state index in [0.717, 1.165) is 38.3 Å². The van der Waals surface area contributed by atoms with Gasteiger partial charge in [0.05, 0.1) is 6.10 Å². The second-order valence-electron chi connectivity index (χ2n) is 6.88. The Labute approximate surface area is 128 Å². The van der Waals surface area contributed by atoms with Crippen LogP contribution in [0, 0.1) is 18.8 Å². The van der Waals surface area contributed by atoms with Gasteiger partial charge in [-0.3, -0.25) is 0 Å². The number of aryl methyl sites for hydroxylation is 1. The molecule has 0 aliphatic heterocycles. The van der Waals surface area contributed by atoms with Gasteiger partial charge in [-0.05, 0) is 55.3 Å². The highest BCUT2D eigenvalue weighted by atomic mass is 16.3. The zero-order valence-electron chi connectivity index (χ0n) is 13.8. The van der Waals surface area contributed by atoms with Gasteiger partial charge < -0.3 is 15.3 Å². The van der Waals surface area contributed by atoms with Crippen LogP contribution in [-0.4, -0.2) is 36.3 Å². The Hall–Kier alpha value is -1.13. The van der Waals surface area contributed by atoms with Crippen LogP contribution in [-0.2, 0) is 6.54 Å². The number of nitrogens with one attached hydrogen (secondary N) is 1. The molecule has 21 heavy (non-hydrogen) atoms. The second-order valence-corrected chi connectivity index (χ2v) is 6.88. The van der Waals surface area contributed by atoms with E-state index in [-0.39, 0.29) is 6.10 Å². The van der Waals surface area contributed by atoms with Crippen molar-refractivity contribution in [2.75, 3.05) is 25.0 Å². The van der Waals surface area contributed by atoms with Crippen LogP contribution in [0.4, 0.5) is 5.82 Å². The minimum Gasteiger partial charge on any atom is -0.393 e. The molecule has 4 nitrogen and oxygen atoms in total. The van der Waals surface area contributed by atoms with Gasteiger partial charge in [0.1, 0.15) is 5.82 Å². The van der Waals surface area contributed by atoms with E-state index < -0.39 is 0 Å². The van der Waals surface area contributed by atoms with Gasteiger partial charge in [-0.2, -0.15) is 0 Å². The summed E-state index contributed by atoms with van der Waals surface area (Å²) in [6.45, 7) is 9.45. The highest BCUT2D eigenvalue weighted by Crippen LogP contribution is 2.29. The van der Waals surface area contributed by atoms with E-state index in [1.807, 2.05) is 6.20 Å². The molecule has 1 aromatic rings. The number of anilines is 1. The van der Waals surface area contributed by atoms with Crippen molar-refractivity contribution in [3.63, 3.8) is 0 Å². The van der Waals surface area contributed by atoms with Crippen LogP contribution < -0.4 is 10.2 Å². The molecule has 1 fully saturated rings. The summed E-state index contributed by atoms with van der Waals surface area (Å²) in [5, 5.41) is 12.8. The molecule has 1 heterocycles. The van der Waals surface area contributed by atoms with Gasteiger partial charge in [-0.1, -0.05) is 13.8 Å². The van der Waals surface area contributed by atoms with Crippen molar-refractivity contribution in [1.29, 1.82) is 0 Å². The van der Waals surface area contributed by atoms with Crippen molar-refractivity contribution in [2.45, 2.75) is 46.3 Å². The third kappa shape index (κ3) is 4.68. The second kappa shape index (κ2) is 7.23. The van der Waals surface area contributed by atoms with Gasteiger partial charge in [0.15, 0.2) is 0 Å². The summed E-state index contributed by atoms with van der Waals surface area (Å²) >= 11 is 0. The fourth-order valence-electron chi connectivity index (χ4n) is 2.95. The van der Waals surface area contributed by atoms with Crippen molar-refractivity contribution in [1.82, 2.24) is 10.3 Å². The van der Waals surface area contributed by atoms with Crippen LogP contribution in [0.25, 0.3) is 0 Å². The van der Waals surface area contributed by atoms with E-state index >= 15 is 0 Å². The average molecular weight is 291 g/mol. The first kappa shape index (κ1) is 16.2. The lowest BCUT2D eigenvalue weighted by Gasteiger charge is -2.35. The Balaban J connectivity index is 1.88. The quantitative estimate of drug-likeness (QED) is 0.809. The summed E-state index contributed by atoms with van der Waals surface area (Å²) in [4.78, 5) is 6.85. The zero-order chi connectivity index (χ0) is 15.4. The fraction of sp³-hybridized carbons (Fsp3) is 0.706. The molecule has 1 aliphatic rings. The van der Waals surface area contributed by atoms with Gasteiger partial charge in [0.2, 0.25) is 0 Å². The molecule has 0 saturated heterocycles. The molecule has 0 bridgehead atoms. The SMILES string of the molecule is Cc1cc(CNCC(C)C)cnc1N(C)CC1CC(O)C1.